The number of nitrogens with one attached hydrogen (secondary N) is 1. The maximum atomic E-state index is 6.27. The Labute approximate surface area is 198 Å². The van der Waals surface area contributed by atoms with Crippen molar-refractivity contribution in [3.05, 3.63) is 99.5 Å². The van der Waals surface area contributed by atoms with Gasteiger partial charge in [-0.15, -0.1) is 0 Å². The molecule has 4 aromatic carbocycles. The van der Waals surface area contributed by atoms with Crippen LogP contribution in [0.3, 0.4) is 0 Å². The number of rotatable bonds is 8. The van der Waals surface area contributed by atoms with Crippen molar-refractivity contribution in [1.29, 1.82) is 0 Å². The third kappa shape index (κ3) is 5.08. The van der Waals surface area contributed by atoms with Crippen molar-refractivity contribution in [2.75, 3.05) is 11.9 Å². The van der Waals surface area contributed by atoms with Gasteiger partial charge < -0.3 is 14.8 Å². The standard InChI is InChI=1S/C28H28BrNO2/c1-4-31-27-16-21(17-30-26-14-19(2)12-13-20(26)3)15-25(29)28(27)32-18-23-10-7-9-22-8-5-6-11-24(22)23/h5-16,30H,4,17-18H2,1-3H3. The molecule has 0 aliphatic heterocycles. The van der Waals surface area contributed by atoms with Gasteiger partial charge in [-0.3, -0.25) is 0 Å². The van der Waals surface area contributed by atoms with E-state index in [0.29, 0.717) is 19.8 Å². The second kappa shape index (κ2) is 10.1. The molecule has 164 valence electrons. The van der Waals surface area contributed by atoms with E-state index in [9.17, 15) is 0 Å². The van der Waals surface area contributed by atoms with Crippen LogP contribution in [-0.2, 0) is 13.2 Å². The van der Waals surface area contributed by atoms with Gasteiger partial charge >= 0.3 is 0 Å². The molecular weight excluding hydrogens is 462 g/mol. The van der Waals surface area contributed by atoms with Crippen molar-refractivity contribution in [3.63, 3.8) is 0 Å². The van der Waals surface area contributed by atoms with E-state index in [1.807, 2.05) is 6.92 Å². The van der Waals surface area contributed by atoms with E-state index in [-0.39, 0.29) is 0 Å². The summed E-state index contributed by atoms with van der Waals surface area (Å²) in [6.45, 7) is 7.96. The van der Waals surface area contributed by atoms with Crippen LogP contribution in [0.2, 0.25) is 0 Å². The van der Waals surface area contributed by atoms with Crippen molar-refractivity contribution in [2.24, 2.45) is 0 Å². The van der Waals surface area contributed by atoms with Gasteiger partial charge in [-0.1, -0.05) is 54.6 Å². The van der Waals surface area contributed by atoms with Crippen LogP contribution in [-0.4, -0.2) is 6.61 Å². The van der Waals surface area contributed by atoms with E-state index >= 15 is 0 Å². The zero-order valence-corrected chi connectivity index (χ0v) is 20.3. The Kier molecular flexibility index (Phi) is 7.01. The topological polar surface area (TPSA) is 30.5 Å². The molecule has 4 rings (SSSR count). The average molecular weight is 490 g/mol. The van der Waals surface area contributed by atoms with E-state index in [4.69, 9.17) is 9.47 Å². The molecule has 0 bridgehead atoms. The number of anilines is 1. The van der Waals surface area contributed by atoms with E-state index in [0.717, 1.165) is 32.8 Å². The fourth-order valence-electron chi connectivity index (χ4n) is 3.82. The largest absolute Gasteiger partial charge is 0.490 e. The molecule has 0 radical (unpaired) electrons. The summed E-state index contributed by atoms with van der Waals surface area (Å²) in [6, 6.07) is 25.3. The minimum atomic E-state index is 0.472. The van der Waals surface area contributed by atoms with Crippen molar-refractivity contribution < 1.29 is 9.47 Å². The summed E-state index contributed by atoms with van der Waals surface area (Å²) < 4.78 is 13.1. The summed E-state index contributed by atoms with van der Waals surface area (Å²) >= 11 is 3.71. The molecule has 0 aromatic heterocycles. The highest BCUT2D eigenvalue weighted by Gasteiger charge is 2.14. The molecule has 0 unspecified atom stereocenters. The first kappa shape index (κ1) is 22.2. The summed E-state index contributed by atoms with van der Waals surface area (Å²) in [5, 5.41) is 5.97. The first-order chi connectivity index (χ1) is 15.5. The molecule has 32 heavy (non-hydrogen) atoms. The van der Waals surface area contributed by atoms with E-state index < -0.39 is 0 Å². The summed E-state index contributed by atoms with van der Waals surface area (Å²) in [4.78, 5) is 0. The van der Waals surface area contributed by atoms with Crippen LogP contribution in [0.5, 0.6) is 11.5 Å². The lowest BCUT2D eigenvalue weighted by Gasteiger charge is -2.17. The first-order valence-electron chi connectivity index (χ1n) is 10.9. The minimum absolute atomic E-state index is 0.472. The van der Waals surface area contributed by atoms with Gasteiger partial charge in [-0.05, 0) is 87.9 Å². The molecule has 0 saturated carbocycles. The summed E-state index contributed by atoms with van der Waals surface area (Å²) in [6.07, 6.45) is 0. The number of ether oxygens (including phenoxy) is 2. The Morgan fingerprint density at radius 2 is 1.69 bits per heavy atom. The predicted octanol–water partition coefficient (Wildman–Crippen LogP) is 7.81. The van der Waals surface area contributed by atoms with Crippen LogP contribution in [0.1, 0.15) is 29.2 Å². The van der Waals surface area contributed by atoms with Gasteiger partial charge in [0.1, 0.15) is 6.61 Å². The van der Waals surface area contributed by atoms with Crippen LogP contribution >= 0.6 is 15.9 Å². The van der Waals surface area contributed by atoms with Gasteiger partial charge in [-0.2, -0.15) is 0 Å². The first-order valence-corrected chi connectivity index (χ1v) is 11.7. The van der Waals surface area contributed by atoms with Crippen LogP contribution in [0, 0.1) is 13.8 Å². The third-order valence-electron chi connectivity index (χ3n) is 5.50. The van der Waals surface area contributed by atoms with Gasteiger partial charge in [0, 0.05) is 12.2 Å². The quantitative estimate of drug-likeness (QED) is 0.273. The Balaban J connectivity index is 1.55. The lowest BCUT2D eigenvalue weighted by Crippen LogP contribution is -2.05. The number of fused-ring (bicyclic) bond motifs is 1. The molecule has 4 aromatic rings. The molecule has 3 nitrogen and oxygen atoms in total. The minimum Gasteiger partial charge on any atom is -0.490 e. The number of aryl methyl sites for hydroxylation is 2. The van der Waals surface area contributed by atoms with Gasteiger partial charge in [-0.25, -0.2) is 0 Å². The van der Waals surface area contributed by atoms with Crippen molar-refractivity contribution in [1.82, 2.24) is 0 Å². The smallest absolute Gasteiger partial charge is 0.175 e. The molecule has 0 spiro atoms. The molecular formula is C28H28BrNO2. The molecule has 0 fully saturated rings. The number of hydrogen-bond acceptors (Lipinski definition) is 3. The van der Waals surface area contributed by atoms with Gasteiger partial charge in [0.25, 0.3) is 0 Å². The monoisotopic (exact) mass is 489 g/mol. The van der Waals surface area contributed by atoms with E-state index in [1.165, 1.54) is 21.9 Å². The lowest BCUT2D eigenvalue weighted by atomic mass is 10.1. The molecule has 1 N–H and O–H groups in total. The predicted molar refractivity (Wildman–Crippen MR) is 137 cm³/mol. The fourth-order valence-corrected chi connectivity index (χ4v) is 4.42. The average Bonchev–Trinajstić information content (AvgIpc) is 2.79. The van der Waals surface area contributed by atoms with E-state index in [1.54, 1.807) is 0 Å². The Hall–Kier alpha value is -2.98. The zero-order chi connectivity index (χ0) is 22.5. The maximum absolute atomic E-state index is 6.27. The Morgan fingerprint density at radius 3 is 2.53 bits per heavy atom. The summed E-state index contributed by atoms with van der Waals surface area (Å²) in [5.74, 6) is 1.48. The SMILES string of the molecule is CCOc1cc(CNc2cc(C)ccc2C)cc(Br)c1OCc1cccc2ccccc12. The Morgan fingerprint density at radius 1 is 0.875 bits per heavy atom. The van der Waals surface area contributed by atoms with Gasteiger partial charge in [0.2, 0.25) is 0 Å². The number of halogens is 1. The summed E-state index contributed by atoms with van der Waals surface area (Å²) in [7, 11) is 0. The summed E-state index contributed by atoms with van der Waals surface area (Å²) in [5.41, 5.74) is 5.90. The second-order valence-electron chi connectivity index (χ2n) is 7.94. The molecule has 0 heterocycles. The normalized spacial score (nSPS) is 10.9. The second-order valence-corrected chi connectivity index (χ2v) is 8.79. The number of hydrogen-bond donors (Lipinski definition) is 1. The van der Waals surface area contributed by atoms with Crippen LogP contribution in [0.15, 0.2) is 77.3 Å². The highest BCUT2D eigenvalue weighted by Crippen LogP contribution is 2.38. The van der Waals surface area contributed by atoms with Crippen molar-refractivity contribution >= 4 is 32.4 Å². The van der Waals surface area contributed by atoms with Crippen LogP contribution in [0.4, 0.5) is 5.69 Å². The Bertz CT molecular complexity index is 1230. The van der Waals surface area contributed by atoms with Crippen LogP contribution < -0.4 is 14.8 Å². The molecule has 0 saturated heterocycles. The highest BCUT2D eigenvalue weighted by molar-refractivity contribution is 9.10. The van der Waals surface area contributed by atoms with Crippen LogP contribution in [0.25, 0.3) is 10.8 Å². The van der Waals surface area contributed by atoms with Crippen molar-refractivity contribution in [3.8, 4) is 11.5 Å². The molecule has 0 atom stereocenters. The molecule has 0 aliphatic rings. The maximum Gasteiger partial charge on any atom is 0.175 e. The number of benzene rings is 4. The van der Waals surface area contributed by atoms with E-state index in [2.05, 4.69) is 108 Å². The molecule has 0 amide bonds. The third-order valence-corrected chi connectivity index (χ3v) is 6.09. The fraction of sp³-hybridized carbons (Fsp3) is 0.214. The van der Waals surface area contributed by atoms with Gasteiger partial charge in [0.15, 0.2) is 11.5 Å². The highest BCUT2D eigenvalue weighted by atomic mass is 79.9. The van der Waals surface area contributed by atoms with Gasteiger partial charge in [0.05, 0.1) is 11.1 Å². The molecule has 4 heteroatoms. The zero-order valence-electron chi connectivity index (χ0n) is 18.7. The lowest BCUT2D eigenvalue weighted by molar-refractivity contribution is 0.268. The van der Waals surface area contributed by atoms with Crippen molar-refractivity contribution in [2.45, 2.75) is 33.9 Å². The molecule has 0 aliphatic carbocycles.